The Morgan fingerprint density at radius 2 is 1.80 bits per heavy atom. The molecule has 1 aromatic carbocycles. The third-order valence-corrected chi connectivity index (χ3v) is 6.76. The lowest BCUT2D eigenvalue weighted by Gasteiger charge is -2.28. The van der Waals surface area contributed by atoms with E-state index in [9.17, 15) is 14.4 Å². The molecule has 3 aliphatic rings. The maximum atomic E-state index is 12.6. The number of nitrogens with one attached hydrogen (secondary N) is 3. The smallest absolute Gasteiger partial charge is 0.242 e. The minimum absolute atomic E-state index is 0.0457. The molecule has 0 radical (unpaired) electrons. The number of fused-ring (bicyclic) bond motifs is 1. The standard InChI is InChI=1S/C23H32N4O3/c28-21-10-9-19(26-21)23(30)25-15-16-5-7-18(8-6-16)22(29)24-12-14-27-13-11-17-3-1-2-4-20(17)27/h1-4,16,18-19H,5-15H2,(H,24,29)(H,25,30)(H,26,28). The highest BCUT2D eigenvalue weighted by Crippen LogP contribution is 2.29. The summed E-state index contributed by atoms with van der Waals surface area (Å²) in [6, 6.07) is 8.12. The number of amides is 3. The van der Waals surface area contributed by atoms with Crippen LogP contribution in [0.1, 0.15) is 44.1 Å². The summed E-state index contributed by atoms with van der Waals surface area (Å²) in [5, 5.41) is 8.80. The molecule has 1 unspecified atom stereocenters. The number of carbonyl (C=O) groups is 3. The van der Waals surface area contributed by atoms with E-state index in [1.165, 1.54) is 11.3 Å². The summed E-state index contributed by atoms with van der Waals surface area (Å²) >= 11 is 0. The van der Waals surface area contributed by atoms with Crippen LogP contribution in [0.2, 0.25) is 0 Å². The van der Waals surface area contributed by atoms with Gasteiger partial charge < -0.3 is 20.9 Å². The van der Waals surface area contributed by atoms with E-state index in [0.717, 1.165) is 45.2 Å². The first kappa shape index (κ1) is 20.7. The van der Waals surface area contributed by atoms with Gasteiger partial charge in [-0.3, -0.25) is 14.4 Å². The molecule has 4 rings (SSSR count). The first-order valence-corrected chi connectivity index (χ1v) is 11.3. The first-order chi connectivity index (χ1) is 14.6. The van der Waals surface area contributed by atoms with Crippen molar-refractivity contribution in [3.8, 4) is 0 Å². The van der Waals surface area contributed by atoms with Gasteiger partial charge in [-0.1, -0.05) is 18.2 Å². The molecule has 3 N–H and O–H groups in total. The quantitative estimate of drug-likeness (QED) is 0.631. The van der Waals surface area contributed by atoms with E-state index in [0.29, 0.717) is 31.8 Å². The average molecular weight is 413 g/mol. The lowest BCUT2D eigenvalue weighted by atomic mass is 9.81. The van der Waals surface area contributed by atoms with Crippen LogP contribution in [0.4, 0.5) is 5.69 Å². The van der Waals surface area contributed by atoms with E-state index in [-0.39, 0.29) is 29.7 Å². The van der Waals surface area contributed by atoms with Gasteiger partial charge in [-0.05, 0) is 56.1 Å². The van der Waals surface area contributed by atoms with Crippen molar-refractivity contribution in [1.29, 1.82) is 0 Å². The van der Waals surface area contributed by atoms with Gasteiger partial charge in [0, 0.05) is 44.2 Å². The summed E-state index contributed by atoms with van der Waals surface area (Å²) in [4.78, 5) is 38.3. The Labute approximate surface area is 178 Å². The predicted octanol–water partition coefficient (Wildman–Crippen LogP) is 1.37. The number of anilines is 1. The first-order valence-electron chi connectivity index (χ1n) is 11.3. The summed E-state index contributed by atoms with van der Waals surface area (Å²) in [6.07, 6.45) is 5.75. The van der Waals surface area contributed by atoms with Crippen LogP contribution in [0.25, 0.3) is 0 Å². The maximum absolute atomic E-state index is 12.6. The fourth-order valence-electron chi connectivity index (χ4n) is 4.90. The summed E-state index contributed by atoms with van der Waals surface area (Å²) in [5.74, 6) is 0.534. The number of hydrogen-bond acceptors (Lipinski definition) is 4. The van der Waals surface area contributed by atoms with Gasteiger partial charge in [-0.25, -0.2) is 0 Å². The van der Waals surface area contributed by atoms with Gasteiger partial charge in [-0.15, -0.1) is 0 Å². The Bertz CT molecular complexity index is 788. The molecule has 162 valence electrons. The van der Waals surface area contributed by atoms with E-state index in [1.807, 2.05) is 0 Å². The minimum atomic E-state index is -0.373. The fourth-order valence-corrected chi connectivity index (χ4v) is 4.90. The van der Waals surface area contributed by atoms with Crippen molar-refractivity contribution in [3.05, 3.63) is 29.8 Å². The fraction of sp³-hybridized carbons (Fsp3) is 0.609. The molecule has 2 heterocycles. The molecular weight excluding hydrogens is 380 g/mol. The third kappa shape index (κ3) is 4.94. The summed E-state index contributed by atoms with van der Waals surface area (Å²) in [7, 11) is 0. The lowest BCUT2D eigenvalue weighted by Crippen LogP contribution is -2.44. The average Bonchev–Trinajstić information content (AvgIpc) is 3.39. The molecule has 0 spiro atoms. The number of rotatable bonds is 7. The van der Waals surface area contributed by atoms with E-state index >= 15 is 0 Å². The molecule has 30 heavy (non-hydrogen) atoms. The van der Waals surface area contributed by atoms with Gasteiger partial charge in [0.15, 0.2) is 0 Å². The van der Waals surface area contributed by atoms with Crippen LogP contribution in [-0.2, 0) is 20.8 Å². The van der Waals surface area contributed by atoms with Crippen LogP contribution in [0.15, 0.2) is 24.3 Å². The normalized spacial score (nSPS) is 25.5. The molecular formula is C23H32N4O3. The van der Waals surface area contributed by atoms with E-state index in [1.54, 1.807) is 0 Å². The van der Waals surface area contributed by atoms with Gasteiger partial charge in [0.05, 0.1) is 0 Å². The number of benzene rings is 1. The molecule has 0 aromatic heterocycles. The van der Waals surface area contributed by atoms with Crippen LogP contribution < -0.4 is 20.9 Å². The van der Waals surface area contributed by atoms with E-state index < -0.39 is 0 Å². The zero-order valence-corrected chi connectivity index (χ0v) is 17.5. The highest BCUT2D eigenvalue weighted by Gasteiger charge is 2.29. The molecule has 0 bridgehead atoms. The second-order valence-electron chi connectivity index (χ2n) is 8.78. The summed E-state index contributed by atoms with van der Waals surface area (Å²) < 4.78 is 0. The maximum Gasteiger partial charge on any atom is 0.242 e. The van der Waals surface area contributed by atoms with Gasteiger partial charge in [0.1, 0.15) is 6.04 Å². The lowest BCUT2D eigenvalue weighted by molar-refractivity contribution is -0.127. The van der Waals surface area contributed by atoms with Crippen LogP contribution >= 0.6 is 0 Å². The number of hydrogen-bond donors (Lipinski definition) is 3. The third-order valence-electron chi connectivity index (χ3n) is 6.76. The van der Waals surface area contributed by atoms with Crippen molar-refractivity contribution in [3.63, 3.8) is 0 Å². The highest BCUT2D eigenvalue weighted by atomic mass is 16.2. The van der Waals surface area contributed by atoms with E-state index in [2.05, 4.69) is 45.1 Å². The topological polar surface area (TPSA) is 90.5 Å². The van der Waals surface area contributed by atoms with E-state index in [4.69, 9.17) is 0 Å². The van der Waals surface area contributed by atoms with Crippen LogP contribution in [0.3, 0.4) is 0 Å². The van der Waals surface area contributed by atoms with Crippen molar-refractivity contribution < 1.29 is 14.4 Å². The molecule has 1 saturated carbocycles. The molecule has 1 saturated heterocycles. The molecule has 7 heteroatoms. The van der Waals surface area contributed by atoms with Crippen molar-refractivity contribution in [2.45, 2.75) is 51.0 Å². The van der Waals surface area contributed by atoms with Crippen molar-refractivity contribution in [2.24, 2.45) is 11.8 Å². The van der Waals surface area contributed by atoms with Gasteiger partial charge in [0.2, 0.25) is 17.7 Å². The Kier molecular flexibility index (Phi) is 6.55. The molecule has 7 nitrogen and oxygen atoms in total. The molecule has 1 aromatic rings. The number of carbonyl (C=O) groups excluding carboxylic acids is 3. The largest absolute Gasteiger partial charge is 0.369 e. The van der Waals surface area contributed by atoms with Crippen molar-refractivity contribution in [1.82, 2.24) is 16.0 Å². The summed E-state index contributed by atoms with van der Waals surface area (Å²) in [6.45, 7) is 3.18. The second kappa shape index (κ2) is 9.49. The zero-order valence-electron chi connectivity index (χ0n) is 17.5. The Hall–Kier alpha value is -2.57. The number of para-hydroxylation sites is 1. The van der Waals surface area contributed by atoms with Crippen LogP contribution in [-0.4, -0.2) is 49.9 Å². The zero-order chi connectivity index (χ0) is 20.9. The molecule has 3 amide bonds. The SMILES string of the molecule is O=C1CCC(C(=O)NCC2CCC(C(=O)NCCN3CCc4ccccc43)CC2)N1. The van der Waals surface area contributed by atoms with Crippen molar-refractivity contribution in [2.75, 3.05) is 31.1 Å². The molecule has 2 aliphatic heterocycles. The van der Waals surface area contributed by atoms with Crippen LogP contribution in [0, 0.1) is 11.8 Å². The molecule has 1 atom stereocenters. The Morgan fingerprint density at radius 3 is 2.57 bits per heavy atom. The van der Waals surface area contributed by atoms with Gasteiger partial charge >= 0.3 is 0 Å². The van der Waals surface area contributed by atoms with Gasteiger partial charge in [-0.2, -0.15) is 0 Å². The molecule has 2 fully saturated rings. The second-order valence-corrected chi connectivity index (χ2v) is 8.78. The predicted molar refractivity (Wildman–Crippen MR) is 115 cm³/mol. The Balaban J connectivity index is 1.12. The number of nitrogens with zero attached hydrogens (tertiary/aromatic N) is 1. The monoisotopic (exact) mass is 412 g/mol. The highest BCUT2D eigenvalue weighted by molar-refractivity contribution is 5.90. The Morgan fingerprint density at radius 1 is 1.00 bits per heavy atom. The summed E-state index contributed by atoms with van der Waals surface area (Å²) in [5.41, 5.74) is 2.69. The minimum Gasteiger partial charge on any atom is -0.369 e. The molecule has 1 aliphatic carbocycles. The van der Waals surface area contributed by atoms with Crippen molar-refractivity contribution >= 4 is 23.4 Å². The van der Waals surface area contributed by atoms with Crippen LogP contribution in [0.5, 0.6) is 0 Å². The van der Waals surface area contributed by atoms with Gasteiger partial charge in [0.25, 0.3) is 0 Å².